The highest BCUT2D eigenvalue weighted by molar-refractivity contribution is 5.92. The van der Waals surface area contributed by atoms with E-state index >= 15 is 0 Å². The lowest BCUT2D eigenvalue weighted by molar-refractivity contribution is 0.770. The minimum atomic E-state index is 0.435. The maximum absolute atomic E-state index is 5.95. The second-order valence-electron chi connectivity index (χ2n) is 5.84. The van der Waals surface area contributed by atoms with Crippen LogP contribution in [-0.2, 0) is 6.42 Å². The van der Waals surface area contributed by atoms with E-state index in [2.05, 4.69) is 46.5 Å². The Labute approximate surface area is 141 Å². The Morgan fingerprint density at radius 3 is 2.88 bits per heavy atom. The van der Waals surface area contributed by atoms with Crippen LogP contribution in [0.1, 0.15) is 23.4 Å². The molecule has 0 spiro atoms. The summed E-state index contributed by atoms with van der Waals surface area (Å²) in [5.41, 5.74) is 10.3. The minimum Gasteiger partial charge on any atom is -0.370 e. The molecule has 6 nitrogen and oxygen atoms in total. The van der Waals surface area contributed by atoms with Crippen LogP contribution in [-0.4, -0.2) is 27.1 Å². The fourth-order valence-corrected chi connectivity index (χ4v) is 2.50. The Kier molecular flexibility index (Phi) is 4.74. The van der Waals surface area contributed by atoms with Gasteiger partial charge < -0.3 is 11.1 Å². The number of pyridine rings is 1. The number of rotatable bonds is 5. The maximum Gasteiger partial charge on any atom is 0.193 e. The molecule has 2 aromatic heterocycles. The molecule has 0 aliphatic carbocycles. The van der Waals surface area contributed by atoms with Gasteiger partial charge in [0.2, 0.25) is 0 Å². The van der Waals surface area contributed by atoms with E-state index in [9.17, 15) is 0 Å². The number of aliphatic imine (C=N–C) groups is 1. The molecule has 6 heteroatoms. The van der Waals surface area contributed by atoms with Gasteiger partial charge in [-0.3, -0.25) is 9.39 Å². The molecule has 0 fully saturated rings. The number of fused-ring (bicyclic) bond motifs is 1. The highest BCUT2D eigenvalue weighted by atomic mass is 15.2. The number of nitrogens with two attached hydrogens (primary N) is 1. The second-order valence-corrected chi connectivity index (χ2v) is 5.84. The summed E-state index contributed by atoms with van der Waals surface area (Å²) in [4.78, 5) is 4.38. The van der Waals surface area contributed by atoms with Gasteiger partial charge >= 0.3 is 0 Å². The molecule has 24 heavy (non-hydrogen) atoms. The van der Waals surface area contributed by atoms with Crippen molar-refractivity contribution in [2.45, 2.75) is 26.7 Å². The van der Waals surface area contributed by atoms with Gasteiger partial charge in [-0.25, -0.2) is 0 Å². The van der Waals surface area contributed by atoms with Crippen molar-refractivity contribution in [3.05, 3.63) is 59.5 Å². The number of anilines is 1. The molecule has 0 atom stereocenters. The monoisotopic (exact) mass is 322 g/mol. The number of guanidine groups is 1. The summed E-state index contributed by atoms with van der Waals surface area (Å²) >= 11 is 0. The smallest absolute Gasteiger partial charge is 0.193 e. The molecule has 0 saturated carbocycles. The van der Waals surface area contributed by atoms with Crippen molar-refractivity contribution in [2.75, 3.05) is 11.9 Å². The van der Waals surface area contributed by atoms with Crippen LogP contribution in [0.5, 0.6) is 0 Å². The molecule has 0 aliphatic rings. The number of nitrogens with one attached hydrogen (secondary N) is 1. The van der Waals surface area contributed by atoms with Crippen LogP contribution in [0.3, 0.4) is 0 Å². The summed E-state index contributed by atoms with van der Waals surface area (Å²) in [6, 6.07) is 12.0. The van der Waals surface area contributed by atoms with E-state index in [1.807, 2.05) is 34.9 Å². The van der Waals surface area contributed by atoms with Crippen molar-refractivity contribution in [3.63, 3.8) is 0 Å². The summed E-state index contributed by atoms with van der Waals surface area (Å²) in [5.74, 6) is 1.38. The summed E-state index contributed by atoms with van der Waals surface area (Å²) in [6.07, 6.45) is 3.65. The van der Waals surface area contributed by atoms with E-state index in [0.717, 1.165) is 30.0 Å². The van der Waals surface area contributed by atoms with Gasteiger partial charge in [0.1, 0.15) is 5.82 Å². The third kappa shape index (κ3) is 3.71. The summed E-state index contributed by atoms with van der Waals surface area (Å²) in [5, 5.41) is 11.5. The quantitative estimate of drug-likeness (QED) is 0.430. The van der Waals surface area contributed by atoms with Crippen molar-refractivity contribution in [1.82, 2.24) is 14.6 Å². The standard InChI is InChI=1S/C18H22N6/c1-13-8-9-15(12-14(13)2)21-18(19)20-10-5-7-17-23-22-16-6-3-4-11-24(16)17/h3-4,6,8-9,11-12H,5,7,10H2,1-2H3,(H3,19,20,21). The molecule has 0 saturated heterocycles. The minimum absolute atomic E-state index is 0.435. The zero-order valence-electron chi connectivity index (χ0n) is 14.0. The van der Waals surface area contributed by atoms with Crippen LogP contribution < -0.4 is 11.1 Å². The maximum atomic E-state index is 5.95. The SMILES string of the molecule is Cc1ccc(NC(N)=NCCCc2nnc3ccccn23)cc1C. The fourth-order valence-electron chi connectivity index (χ4n) is 2.50. The third-order valence-corrected chi connectivity index (χ3v) is 4.00. The van der Waals surface area contributed by atoms with Crippen LogP contribution in [0.2, 0.25) is 0 Å². The molecular formula is C18H22N6. The Hall–Kier alpha value is -2.89. The number of benzene rings is 1. The van der Waals surface area contributed by atoms with E-state index in [0.29, 0.717) is 12.5 Å². The highest BCUT2D eigenvalue weighted by Crippen LogP contribution is 2.13. The topological polar surface area (TPSA) is 80.6 Å². The Bertz CT molecular complexity index is 865. The van der Waals surface area contributed by atoms with E-state index < -0.39 is 0 Å². The van der Waals surface area contributed by atoms with Gasteiger partial charge in [-0.2, -0.15) is 0 Å². The van der Waals surface area contributed by atoms with Crippen LogP contribution in [0, 0.1) is 13.8 Å². The van der Waals surface area contributed by atoms with Gasteiger partial charge in [0.25, 0.3) is 0 Å². The van der Waals surface area contributed by atoms with E-state index in [1.54, 1.807) is 0 Å². The van der Waals surface area contributed by atoms with Crippen molar-refractivity contribution >= 4 is 17.3 Å². The van der Waals surface area contributed by atoms with Gasteiger partial charge in [-0.15, -0.1) is 10.2 Å². The van der Waals surface area contributed by atoms with Crippen LogP contribution in [0.15, 0.2) is 47.6 Å². The first-order chi connectivity index (χ1) is 11.6. The number of hydrogen-bond acceptors (Lipinski definition) is 3. The van der Waals surface area contributed by atoms with Gasteiger partial charge in [0.15, 0.2) is 11.6 Å². The molecule has 2 heterocycles. The van der Waals surface area contributed by atoms with Gasteiger partial charge in [0.05, 0.1) is 0 Å². The molecule has 3 rings (SSSR count). The lowest BCUT2D eigenvalue weighted by Gasteiger charge is -2.08. The zero-order chi connectivity index (χ0) is 16.9. The van der Waals surface area contributed by atoms with Gasteiger partial charge in [0, 0.05) is 24.8 Å². The van der Waals surface area contributed by atoms with Crippen LogP contribution in [0.25, 0.3) is 5.65 Å². The third-order valence-electron chi connectivity index (χ3n) is 4.00. The first-order valence-corrected chi connectivity index (χ1v) is 8.06. The second kappa shape index (κ2) is 7.12. The van der Waals surface area contributed by atoms with Crippen LogP contribution in [0.4, 0.5) is 5.69 Å². The zero-order valence-corrected chi connectivity index (χ0v) is 14.0. The van der Waals surface area contributed by atoms with E-state index in [4.69, 9.17) is 5.73 Å². The average Bonchev–Trinajstić information content (AvgIpc) is 2.98. The Morgan fingerprint density at radius 2 is 2.04 bits per heavy atom. The molecule has 124 valence electrons. The first-order valence-electron chi connectivity index (χ1n) is 8.06. The summed E-state index contributed by atoms with van der Waals surface area (Å²) in [6.45, 7) is 4.81. The lowest BCUT2D eigenvalue weighted by Crippen LogP contribution is -2.23. The van der Waals surface area contributed by atoms with Crippen molar-refractivity contribution in [3.8, 4) is 0 Å². The first kappa shape index (κ1) is 16.0. The molecule has 0 amide bonds. The summed E-state index contributed by atoms with van der Waals surface area (Å²) in [7, 11) is 0. The molecule has 1 aromatic carbocycles. The van der Waals surface area contributed by atoms with Crippen molar-refractivity contribution < 1.29 is 0 Å². The predicted molar refractivity (Wildman–Crippen MR) is 97.3 cm³/mol. The van der Waals surface area contributed by atoms with E-state index in [-0.39, 0.29) is 0 Å². The highest BCUT2D eigenvalue weighted by Gasteiger charge is 2.03. The normalized spacial score (nSPS) is 11.8. The fraction of sp³-hybridized carbons (Fsp3) is 0.278. The Balaban J connectivity index is 1.53. The number of hydrogen-bond donors (Lipinski definition) is 2. The number of aryl methyl sites for hydroxylation is 3. The molecule has 3 N–H and O–H groups in total. The Morgan fingerprint density at radius 1 is 1.17 bits per heavy atom. The number of aromatic nitrogens is 3. The average molecular weight is 322 g/mol. The van der Waals surface area contributed by atoms with Crippen LogP contribution >= 0.6 is 0 Å². The molecule has 0 bridgehead atoms. The summed E-state index contributed by atoms with van der Waals surface area (Å²) < 4.78 is 2.00. The molecule has 3 aromatic rings. The molecular weight excluding hydrogens is 300 g/mol. The van der Waals surface area contributed by atoms with E-state index in [1.165, 1.54) is 11.1 Å². The molecule has 0 aliphatic heterocycles. The number of nitrogens with zero attached hydrogens (tertiary/aromatic N) is 4. The van der Waals surface area contributed by atoms with Gasteiger partial charge in [-0.1, -0.05) is 12.1 Å². The van der Waals surface area contributed by atoms with Gasteiger partial charge in [-0.05, 0) is 55.7 Å². The largest absolute Gasteiger partial charge is 0.370 e. The van der Waals surface area contributed by atoms with Crippen molar-refractivity contribution in [2.24, 2.45) is 10.7 Å². The van der Waals surface area contributed by atoms with Crippen molar-refractivity contribution in [1.29, 1.82) is 0 Å². The lowest BCUT2D eigenvalue weighted by atomic mass is 10.1. The molecule has 0 unspecified atom stereocenters. The molecule has 0 radical (unpaired) electrons. The predicted octanol–water partition coefficient (Wildman–Crippen LogP) is 2.71.